The van der Waals surface area contributed by atoms with Gasteiger partial charge in [0.1, 0.15) is 5.75 Å². The molecular weight excluding hydrogens is 316 g/mol. The average Bonchev–Trinajstić information content (AvgIpc) is 3.12. The van der Waals surface area contributed by atoms with Crippen LogP contribution in [0.15, 0.2) is 29.3 Å². The van der Waals surface area contributed by atoms with Crippen molar-refractivity contribution in [2.24, 2.45) is 4.99 Å². The standard InChI is InChI=1S/C19H30N4O2/c1-3-20-19(22-14-15-8-4-7-11-17(15)25-2)21-13-12-18(24)23-16-9-5-6-10-16/h4,7-8,11,16H,3,5-6,9-10,12-14H2,1-2H3,(H,23,24)(H2,20,21,22). The van der Waals surface area contributed by atoms with Crippen LogP contribution in [0.25, 0.3) is 0 Å². The molecule has 2 rings (SSSR count). The van der Waals surface area contributed by atoms with Crippen molar-refractivity contribution in [3.05, 3.63) is 29.8 Å². The third-order valence-corrected chi connectivity index (χ3v) is 4.31. The summed E-state index contributed by atoms with van der Waals surface area (Å²) in [6.45, 7) is 3.88. The van der Waals surface area contributed by atoms with Crippen molar-refractivity contribution < 1.29 is 9.53 Å². The van der Waals surface area contributed by atoms with Gasteiger partial charge in [-0.05, 0) is 25.8 Å². The number of carbonyl (C=O) groups is 1. The molecule has 0 saturated heterocycles. The van der Waals surface area contributed by atoms with Gasteiger partial charge in [-0.3, -0.25) is 4.79 Å². The molecule has 0 heterocycles. The molecule has 1 aromatic carbocycles. The lowest BCUT2D eigenvalue weighted by molar-refractivity contribution is -0.121. The molecule has 0 atom stereocenters. The number of nitrogens with zero attached hydrogens (tertiary/aromatic N) is 1. The zero-order chi connectivity index (χ0) is 17.9. The van der Waals surface area contributed by atoms with E-state index in [9.17, 15) is 4.79 Å². The monoisotopic (exact) mass is 346 g/mol. The third-order valence-electron chi connectivity index (χ3n) is 4.31. The largest absolute Gasteiger partial charge is 0.496 e. The van der Waals surface area contributed by atoms with Gasteiger partial charge in [0.05, 0.1) is 13.7 Å². The number of para-hydroxylation sites is 1. The summed E-state index contributed by atoms with van der Waals surface area (Å²) in [5.74, 6) is 1.65. The van der Waals surface area contributed by atoms with Gasteiger partial charge in [0.25, 0.3) is 0 Å². The molecule has 1 aromatic rings. The highest BCUT2D eigenvalue weighted by Crippen LogP contribution is 2.18. The van der Waals surface area contributed by atoms with Crippen molar-refractivity contribution in [2.45, 2.75) is 51.6 Å². The SMILES string of the molecule is CCNC(=NCc1ccccc1OC)NCCC(=O)NC1CCCC1. The van der Waals surface area contributed by atoms with E-state index in [1.54, 1.807) is 7.11 Å². The summed E-state index contributed by atoms with van der Waals surface area (Å²) in [5, 5.41) is 9.53. The van der Waals surface area contributed by atoms with E-state index in [-0.39, 0.29) is 5.91 Å². The Morgan fingerprint density at radius 3 is 2.72 bits per heavy atom. The van der Waals surface area contributed by atoms with Crippen LogP contribution in [-0.2, 0) is 11.3 Å². The number of ether oxygens (including phenoxy) is 1. The van der Waals surface area contributed by atoms with Gasteiger partial charge in [-0.2, -0.15) is 0 Å². The number of carbonyl (C=O) groups excluding carboxylic acids is 1. The molecule has 25 heavy (non-hydrogen) atoms. The Kier molecular flexibility index (Phi) is 8.09. The second-order valence-corrected chi connectivity index (χ2v) is 6.23. The van der Waals surface area contributed by atoms with Gasteiger partial charge in [0.15, 0.2) is 5.96 Å². The summed E-state index contributed by atoms with van der Waals surface area (Å²) in [6.07, 6.45) is 5.13. The van der Waals surface area contributed by atoms with E-state index in [0.29, 0.717) is 31.5 Å². The van der Waals surface area contributed by atoms with Gasteiger partial charge in [-0.15, -0.1) is 0 Å². The molecule has 6 heteroatoms. The summed E-state index contributed by atoms with van der Waals surface area (Å²) in [4.78, 5) is 16.5. The van der Waals surface area contributed by atoms with Gasteiger partial charge in [-0.1, -0.05) is 31.0 Å². The molecule has 3 N–H and O–H groups in total. The molecule has 1 aliphatic rings. The third kappa shape index (κ3) is 6.64. The van der Waals surface area contributed by atoms with Crippen LogP contribution >= 0.6 is 0 Å². The normalized spacial score (nSPS) is 15.0. The fraction of sp³-hybridized carbons (Fsp3) is 0.579. The topological polar surface area (TPSA) is 74.8 Å². The second-order valence-electron chi connectivity index (χ2n) is 6.23. The molecule has 0 unspecified atom stereocenters. The Morgan fingerprint density at radius 1 is 1.24 bits per heavy atom. The Hall–Kier alpha value is -2.24. The van der Waals surface area contributed by atoms with Crippen molar-refractivity contribution in [3.8, 4) is 5.75 Å². The number of amides is 1. The summed E-state index contributed by atoms with van der Waals surface area (Å²) < 4.78 is 5.35. The van der Waals surface area contributed by atoms with E-state index >= 15 is 0 Å². The molecule has 1 aliphatic carbocycles. The van der Waals surface area contributed by atoms with Crippen LogP contribution in [0.4, 0.5) is 0 Å². The highest BCUT2D eigenvalue weighted by atomic mass is 16.5. The smallest absolute Gasteiger partial charge is 0.221 e. The first kappa shape index (κ1) is 19.1. The van der Waals surface area contributed by atoms with Crippen molar-refractivity contribution in [1.29, 1.82) is 0 Å². The van der Waals surface area contributed by atoms with E-state index in [1.807, 2.05) is 31.2 Å². The molecule has 1 fully saturated rings. The number of guanidine groups is 1. The molecule has 138 valence electrons. The van der Waals surface area contributed by atoms with Crippen LogP contribution in [0.3, 0.4) is 0 Å². The molecule has 1 saturated carbocycles. The lowest BCUT2D eigenvalue weighted by Gasteiger charge is -2.14. The van der Waals surface area contributed by atoms with E-state index in [4.69, 9.17) is 4.74 Å². The van der Waals surface area contributed by atoms with Crippen LogP contribution in [-0.4, -0.2) is 38.1 Å². The van der Waals surface area contributed by atoms with Crippen LogP contribution < -0.4 is 20.7 Å². The number of hydrogen-bond donors (Lipinski definition) is 3. The minimum Gasteiger partial charge on any atom is -0.496 e. The zero-order valence-corrected chi connectivity index (χ0v) is 15.3. The van der Waals surface area contributed by atoms with Gasteiger partial charge >= 0.3 is 0 Å². The minimum atomic E-state index is 0.111. The van der Waals surface area contributed by atoms with Crippen molar-refractivity contribution >= 4 is 11.9 Å². The number of aliphatic imine (C=N–C) groups is 1. The van der Waals surface area contributed by atoms with Gasteiger partial charge in [0.2, 0.25) is 5.91 Å². The van der Waals surface area contributed by atoms with Crippen LogP contribution in [0.5, 0.6) is 5.75 Å². The Labute approximate surface area is 150 Å². The molecule has 1 amide bonds. The predicted molar refractivity (Wildman–Crippen MR) is 101 cm³/mol. The minimum absolute atomic E-state index is 0.111. The Balaban J connectivity index is 1.79. The summed E-state index contributed by atoms with van der Waals surface area (Å²) in [7, 11) is 1.66. The van der Waals surface area contributed by atoms with Gasteiger partial charge < -0.3 is 20.7 Å². The lowest BCUT2D eigenvalue weighted by Crippen LogP contribution is -2.40. The second kappa shape index (κ2) is 10.6. The summed E-state index contributed by atoms with van der Waals surface area (Å²) in [6, 6.07) is 8.22. The molecule has 0 aromatic heterocycles. The van der Waals surface area contributed by atoms with Gasteiger partial charge in [-0.25, -0.2) is 4.99 Å². The Bertz CT molecular complexity index is 568. The lowest BCUT2D eigenvalue weighted by atomic mass is 10.2. The molecule has 0 spiro atoms. The van der Waals surface area contributed by atoms with Crippen LogP contribution in [0, 0.1) is 0 Å². The van der Waals surface area contributed by atoms with E-state index in [2.05, 4.69) is 20.9 Å². The molecule has 0 bridgehead atoms. The Morgan fingerprint density at radius 2 is 2.00 bits per heavy atom. The predicted octanol–water partition coefficient (Wildman–Crippen LogP) is 2.20. The van der Waals surface area contributed by atoms with Crippen molar-refractivity contribution in [1.82, 2.24) is 16.0 Å². The van der Waals surface area contributed by atoms with Crippen LogP contribution in [0.1, 0.15) is 44.6 Å². The average molecular weight is 346 g/mol. The van der Waals surface area contributed by atoms with E-state index < -0.39 is 0 Å². The van der Waals surface area contributed by atoms with E-state index in [0.717, 1.165) is 30.7 Å². The number of nitrogens with one attached hydrogen (secondary N) is 3. The molecule has 0 radical (unpaired) electrons. The first-order valence-electron chi connectivity index (χ1n) is 9.16. The van der Waals surface area contributed by atoms with Gasteiger partial charge in [0, 0.05) is 31.1 Å². The highest BCUT2D eigenvalue weighted by molar-refractivity contribution is 5.81. The fourth-order valence-corrected chi connectivity index (χ4v) is 3.00. The first-order valence-corrected chi connectivity index (χ1v) is 9.16. The first-order chi connectivity index (χ1) is 12.2. The maximum atomic E-state index is 12.0. The summed E-state index contributed by atoms with van der Waals surface area (Å²) >= 11 is 0. The maximum absolute atomic E-state index is 12.0. The number of methoxy groups -OCH3 is 1. The van der Waals surface area contributed by atoms with Crippen molar-refractivity contribution in [3.63, 3.8) is 0 Å². The quantitative estimate of drug-likeness (QED) is 0.498. The number of rotatable bonds is 8. The fourth-order valence-electron chi connectivity index (χ4n) is 3.00. The zero-order valence-electron chi connectivity index (χ0n) is 15.3. The van der Waals surface area contributed by atoms with Crippen LogP contribution in [0.2, 0.25) is 0 Å². The number of hydrogen-bond acceptors (Lipinski definition) is 3. The molecule has 0 aliphatic heterocycles. The molecule has 6 nitrogen and oxygen atoms in total. The number of benzene rings is 1. The van der Waals surface area contributed by atoms with Crippen molar-refractivity contribution in [2.75, 3.05) is 20.2 Å². The highest BCUT2D eigenvalue weighted by Gasteiger charge is 2.16. The molecular formula is C19H30N4O2. The van der Waals surface area contributed by atoms with E-state index in [1.165, 1.54) is 12.8 Å². The summed E-state index contributed by atoms with van der Waals surface area (Å²) in [5.41, 5.74) is 1.03. The maximum Gasteiger partial charge on any atom is 0.221 e.